The number of hydrogen-bond donors (Lipinski definition) is 1. The molecular weight excluding hydrogens is 266 g/mol. The minimum absolute atomic E-state index is 0.323. The van der Waals surface area contributed by atoms with Gasteiger partial charge < -0.3 is 19.7 Å². The maximum absolute atomic E-state index is 5.69. The molecule has 0 aromatic heterocycles. The molecule has 1 atom stereocenters. The summed E-state index contributed by atoms with van der Waals surface area (Å²) in [7, 11) is 4.21. The SMILES string of the molecule is CNC(CN1CCN(C)CC1)c1ccc2c(c1)OCCO2. The number of hydrogen-bond acceptors (Lipinski definition) is 5. The van der Waals surface area contributed by atoms with Gasteiger partial charge in [0, 0.05) is 38.8 Å². The molecule has 2 aliphatic heterocycles. The third-order valence-electron chi connectivity index (χ3n) is 4.35. The summed E-state index contributed by atoms with van der Waals surface area (Å²) in [5.41, 5.74) is 1.26. The van der Waals surface area contributed by atoms with Crippen molar-refractivity contribution in [2.45, 2.75) is 6.04 Å². The molecule has 2 heterocycles. The van der Waals surface area contributed by atoms with E-state index in [1.807, 2.05) is 13.1 Å². The molecule has 0 aliphatic carbocycles. The molecule has 3 rings (SSSR count). The first-order valence-corrected chi connectivity index (χ1v) is 7.74. The highest BCUT2D eigenvalue weighted by molar-refractivity contribution is 5.44. The van der Waals surface area contributed by atoms with Crippen molar-refractivity contribution < 1.29 is 9.47 Å². The van der Waals surface area contributed by atoms with Crippen LogP contribution >= 0.6 is 0 Å². The van der Waals surface area contributed by atoms with E-state index in [0.717, 1.165) is 44.2 Å². The molecule has 21 heavy (non-hydrogen) atoms. The summed E-state index contributed by atoms with van der Waals surface area (Å²) in [6.07, 6.45) is 0. The van der Waals surface area contributed by atoms with Crippen LogP contribution in [0.2, 0.25) is 0 Å². The Morgan fingerprint density at radius 2 is 1.81 bits per heavy atom. The largest absolute Gasteiger partial charge is 0.486 e. The van der Waals surface area contributed by atoms with Crippen LogP contribution in [-0.2, 0) is 0 Å². The van der Waals surface area contributed by atoms with Crippen LogP contribution in [0.5, 0.6) is 11.5 Å². The lowest BCUT2D eigenvalue weighted by molar-refractivity contribution is 0.143. The van der Waals surface area contributed by atoms with Crippen LogP contribution in [0.1, 0.15) is 11.6 Å². The van der Waals surface area contributed by atoms with E-state index in [1.165, 1.54) is 5.56 Å². The Morgan fingerprint density at radius 3 is 2.52 bits per heavy atom. The summed E-state index contributed by atoms with van der Waals surface area (Å²) in [5, 5.41) is 3.43. The highest BCUT2D eigenvalue weighted by atomic mass is 16.6. The Hall–Kier alpha value is -1.30. The topological polar surface area (TPSA) is 37.0 Å². The molecule has 5 nitrogen and oxygen atoms in total. The number of fused-ring (bicyclic) bond motifs is 1. The van der Waals surface area contributed by atoms with Crippen molar-refractivity contribution >= 4 is 0 Å². The Bertz CT molecular complexity index is 473. The first kappa shape index (κ1) is 14.6. The number of nitrogens with zero attached hydrogens (tertiary/aromatic N) is 2. The van der Waals surface area contributed by atoms with Gasteiger partial charge in [-0.1, -0.05) is 6.07 Å². The van der Waals surface area contributed by atoms with Crippen LogP contribution in [0.3, 0.4) is 0 Å². The minimum atomic E-state index is 0.323. The van der Waals surface area contributed by atoms with E-state index in [2.05, 4.69) is 34.3 Å². The predicted molar refractivity (Wildman–Crippen MR) is 83.2 cm³/mol. The molecule has 0 saturated carbocycles. The molecule has 0 spiro atoms. The third-order valence-corrected chi connectivity index (χ3v) is 4.35. The maximum Gasteiger partial charge on any atom is 0.161 e. The molecule has 1 fully saturated rings. The van der Waals surface area contributed by atoms with E-state index >= 15 is 0 Å². The highest BCUT2D eigenvalue weighted by Crippen LogP contribution is 2.32. The molecule has 1 saturated heterocycles. The van der Waals surface area contributed by atoms with Crippen molar-refractivity contribution in [1.29, 1.82) is 0 Å². The molecule has 116 valence electrons. The van der Waals surface area contributed by atoms with Gasteiger partial charge in [-0.05, 0) is 31.8 Å². The third kappa shape index (κ3) is 3.48. The first-order valence-electron chi connectivity index (χ1n) is 7.74. The van der Waals surface area contributed by atoms with Crippen molar-refractivity contribution in [3.63, 3.8) is 0 Å². The lowest BCUT2D eigenvalue weighted by Gasteiger charge is -2.34. The minimum Gasteiger partial charge on any atom is -0.486 e. The van der Waals surface area contributed by atoms with E-state index in [9.17, 15) is 0 Å². The summed E-state index contributed by atoms with van der Waals surface area (Å²) >= 11 is 0. The summed E-state index contributed by atoms with van der Waals surface area (Å²) in [5.74, 6) is 1.73. The van der Waals surface area contributed by atoms with Crippen LogP contribution in [0, 0.1) is 0 Å². The zero-order valence-electron chi connectivity index (χ0n) is 13.0. The number of likely N-dealkylation sites (N-methyl/N-ethyl adjacent to an activating group) is 2. The highest BCUT2D eigenvalue weighted by Gasteiger charge is 2.20. The van der Waals surface area contributed by atoms with Gasteiger partial charge in [0.2, 0.25) is 0 Å². The van der Waals surface area contributed by atoms with Gasteiger partial charge >= 0.3 is 0 Å². The van der Waals surface area contributed by atoms with Crippen molar-refractivity contribution in [3.8, 4) is 11.5 Å². The molecule has 2 aliphatic rings. The Labute approximate surface area is 126 Å². The second-order valence-electron chi connectivity index (χ2n) is 5.85. The van der Waals surface area contributed by atoms with Gasteiger partial charge in [-0.3, -0.25) is 4.90 Å². The summed E-state index contributed by atoms with van der Waals surface area (Å²) < 4.78 is 11.3. The number of nitrogens with one attached hydrogen (secondary N) is 1. The second-order valence-corrected chi connectivity index (χ2v) is 5.85. The monoisotopic (exact) mass is 291 g/mol. The van der Waals surface area contributed by atoms with E-state index in [4.69, 9.17) is 9.47 Å². The smallest absolute Gasteiger partial charge is 0.161 e. The number of rotatable bonds is 4. The summed E-state index contributed by atoms with van der Waals surface area (Å²) in [6.45, 7) is 6.89. The molecule has 0 radical (unpaired) electrons. The number of piperazine rings is 1. The van der Waals surface area contributed by atoms with Gasteiger partial charge in [0.25, 0.3) is 0 Å². The lowest BCUT2D eigenvalue weighted by Crippen LogP contribution is -2.47. The Kier molecular flexibility index (Phi) is 4.63. The average molecular weight is 291 g/mol. The lowest BCUT2D eigenvalue weighted by atomic mass is 10.0. The molecule has 1 aromatic carbocycles. The van der Waals surface area contributed by atoms with Gasteiger partial charge in [-0.15, -0.1) is 0 Å². The van der Waals surface area contributed by atoms with Gasteiger partial charge in [-0.2, -0.15) is 0 Å². The van der Waals surface area contributed by atoms with E-state index < -0.39 is 0 Å². The Morgan fingerprint density at radius 1 is 1.10 bits per heavy atom. The summed E-state index contributed by atoms with van der Waals surface area (Å²) in [6, 6.07) is 6.61. The molecule has 0 amide bonds. The standard InChI is InChI=1S/C16H25N3O2/c1-17-14(12-19-7-5-18(2)6-8-19)13-3-4-15-16(11-13)21-10-9-20-15/h3-4,11,14,17H,5-10,12H2,1-2H3. The van der Waals surface area contributed by atoms with E-state index in [-0.39, 0.29) is 0 Å². The van der Waals surface area contributed by atoms with Crippen molar-refractivity contribution in [2.75, 3.05) is 60.0 Å². The molecule has 0 bridgehead atoms. The average Bonchev–Trinajstić information content (AvgIpc) is 2.54. The van der Waals surface area contributed by atoms with Gasteiger partial charge in [0.1, 0.15) is 13.2 Å². The van der Waals surface area contributed by atoms with Gasteiger partial charge in [0.05, 0.1) is 0 Å². The number of benzene rings is 1. The zero-order valence-corrected chi connectivity index (χ0v) is 13.0. The molecule has 1 aromatic rings. The molecule has 5 heteroatoms. The molecule has 1 unspecified atom stereocenters. The number of ether oxygens (including phenoxy) is 2. The zero-order chi connectivity index (χ0) is 14.7. The van der Waals surface area contributed by atoms with Crippen molar-refractivity contribution in [1.82, 2.24) is 15.1 Å². The fourth-order valence-corrected chi connectivity index (χ4v) is 2.93. The van der Waals surface area contributed by atoms with Crippen LogP contribution in [0.25, 0.3) is 0 Å². The predicted octanol–water partition coefficient (Wildman–Crippen LogP) is 0.966. The van der Waals surface area contributed by atoms with E-state index in [1.54, 1.807) is 0 Å². The van der Waals surface area contributed by atoms with Crippen molar-refractivity contribution in [2.24, 2.45) is 0 Å². The first-order chi connectivity index (χ1) is 10.3. The van der Waals surface area contributed by atoms with Crippen LogP contribution < -0.4 is 14.8 Å². The molecular formula is C16H25N3O2. The van der Waals surface area contributed by atoms with Crippen LogP contribution in [0.4, 0.5) is 0 Å². The Balaban J connectivity index is 1.68. The normalized spacial score (nSPS) is 21.2. The van der Waals surface area contributed by atoms with Crippen LogP contribution in [-0.4, -0.2) is 69.8 Å². The fourth-order valence-electron chi connectivity index (χ4n) is 2.93. The van der Waals surface area contributed by atoms with Crippen molar-refractivity contribution in [3.05, 3.63) is 23.8 Å². The molecule has 1 N–H and O–H groups in total. The quantitative estimate of drug-likeness (QED) is 0.894. The van der Waals surface area contributed by atoms with Gasteiger partial charge in [-0.25, -0.2) is 0 Å². The second kappa shape index (κ2) is 6.64. The maximum atomic E-state index is 5.69. The van der Waals surface area contributed by atoms with Crippen LogP contribution in [0.15, 0.2) is 18.2 Å². The summed E-state index contributed by atoms with van der Waals surface area (Å²) in [4.78, 5) is 4.91. The van der Waals surface area contributed by atoms with Gasteiger partial charge in [0.15, 0.2) is 11.5 Å². The fraction of sp³-hybridized carbons (Fsp3) is 0.625. The van der Waals surface area contributed by atoms with E-state index in [0.29, 0.717) is 19.3 Å².